The molecule has 9 heavy (non-hydrogen) atoms. The summed E-state index contributed by atoms with van der Waals surface area (Å²) in [5.74, 6) is -1.19. The fraction of sp³-hybridized carbons (Fsp3) is 1.00. The van der Waals surface area contributed by atoms with Crippen LogP contribution in [0.25, 0.3) is 0 Å². The molecule has 0 radical (unpaired) electrons. The van der Waals surface area contributed by atoms with E-state index >= 15 is 0 Å². The van der Waals surface area contributed by atoms with Crippen molar-refractivity contribution in [2.45, 2.75) is 5.78 Å². The molecule has 0 aliphatic carbocycles. The number of hydrogen-bond acceptors (Lipinski definition) is 3. The molecule has 0 spiro atoms. The Morgan fingerprint density at radius 3 is 2.33 bits per heavy atom. The molecule has 0 saturated heterocycles. The summed E-state index contributed by atoms with van der Waals surface area (Å²) in [6, 6.07) is 0. The number of hydrogen-bond donors (Lipinski definition) is 3. The third kappa shape index (κ3) is 3.61. The molecular formula is C3H10NO4P. The molecule has 6 heteroatoms. The van der Waals surface area contributed by atoms with Crippen molar-refractivity contribution in [3.63, 3.8) is 0 Å². The van der Waals surface area contributed by atoms with Gasteiger partial charge in [0.1, 0.15) is 5.78 Å². The molecule has 0 bridgehead atoms. The molecule has 0 saturated carbocycles. The average Bonchev–Trinajstić information content (AvgIpc) is 1.64. The average molecular weight is 155 g/mol. The zero-order valence-corrected chi connectivity index (χ0v) is 5.91. The molecule has 0 aliphatic heterocycles. The highest BCUT2D eigenvalue weighted by molar-refractivity contribution is 7.52. The maximum Gasteiger partial charge on any atom is 0.344 e. The first kappa shape index (κ1) is 9.07. The van der Waals surface area contributed by atoms with Crippen LogP contribution in [0.1, 0.15) is 0 Å². The minimum Gasteiger partial charge on any atom is -0.382 e. The Bertz CT molecular complexity index is 121. The number of rotatable bonds is 3. The lowest BCUT2D eigenvalue weighted by atomic mass is 10.7. The van der Waals surface area contributed by atoms with Crippen molar-refractivity contribution in [3.8, 4) is 0 Å². The molecule has 0 fully saturated rings. The Hall–Kier alpha value is 0.0700. The summed E-state index contributed by atoms with van der Waals surface area (Å²) in [4.78, 5) is 16.6. The zero-order valence-electron chi connectivity index (χ0n) is 5.02. The number of ether oxygens (including phenoxy) is 1. The second-order valence-electron chi connectivity index (χ2n) is 1.61. The maximum absolute atomic E-state index is 10.2. The Balaban J connectivity index is 3.74. The van der Waals surface area contributed by atoms with Crippen LogP contribution in [0.5, 0.6) is 0 Å². The van der Waals surface area contributed by atoms with Gasteiger partial charge in [-0.1, -0.05) is 0 Å². The summed E-state index contributed by atoms with van der Waals surface area (Å²) >= 11 is 0. The van der Waals surface area contributed by atoms with E-state index in [-0.39, 0.29) is 6.61 Å². The first-order chi connectivity index (χ1) is 3.98. The van der Waals surface area contributed by atoms with E-state index in [0.717, 1.165) is 0 Å². The fourth-order valence-electron chi connectivity index (χ4n) is 0.268. The van der Waals surface area contributed by atoms with Crippen LogP contribution in [0, 0.1) is 0 Å². The molecule has 0 aromatic carbocycles. The third-order valence-corrected chi connectivity index (χ3v) is 1.78. The van der Waals surface area contributed by atoms with Gasteiger partial charge in [0.25, 0.3) is 0 Å². The first-order valence-electron chi connectivity index (χ1n) is 2.28. The minimum absolute atomic E-state index is 0.121. The van der Waals surface area contributed by atoms with Crippen molar-refractivity contribution in [1.82, 2.24) is 0 Å². The molecule has 0 aromatic heterocycles. The Labute approximate surface area is 53.0 Å². The quantitative estimate of drug-likeness (QED) is 0.459. The standard InChI is InChI=1S/C3H10NO4P/c1-8-2-3(4)9(5,6)7/h3H,2,4H2,1H3,(H2,5,6,7). The Morgan fingerprint density at radius 2 is 2.22 bits per heavy atom. The highest BCUT2D eigenvalue weighted by Gasteiger charge is 2.23. The van der Waals surface area contributed by atoms with Gasteiger partial charge in [0.2, 0.25) is 0 Å². The summed E-state index contributed by atoms with van der Waals surface area (Å²) in [5.41, 5.74) is 4.97. The van der Waals surface area contributed by atoms with E-state index < -0.39 is 13.4 Å². The van der Waals surface area contributed by atoms with E-state index in [1.807, 2.05) is 0 Å². The van der Waals surface area contributed by atoms with Gasteiger partial charge in [-0.25, -0.2) is 0 Å². The molecule has 1 unspecified atom stereocenters. The van der Waals surface area contributed by atoms with Crippen LogP contribution in [0.15, 0.2) is 0 Å². The molecule has 56 valence electrons. The lowest BCUT2D eigenvalue weighted by Crippen LogP contribution is -2.25. The van der Waals surface area contributed by atoms with Crippen LogP contribution in [0.2, 0.25) is 0 Å². The van der Waals surface area contributed by atoms with Gasteiger partial charge in [0.05, 0.1) is 6.61 Å². The van der Waals surface area contributed by atoms with Crippen molar-refractivity contribution in [2.75, 3.05) is 13.7 Å². The summed E-state index contributed by atoms with van der Waals surface area (Å²) in [6.07, 6.45) is 0. The van der Waals surface area contributed by atoms with E-state index in [1.165, 1.54) is 7.11 Å². The largest absolute Gasteiger partial charge is 0.382 e. The van der Waals surface area contributed by atoms with Gasteiger partial charge >= 0.3 is 7.60 Å². The van der Waals surface area contributed by atoms with Crippen LogP contribution < -0.4 is 5.73 Å². The van der Waals surface area contributed by atoms with Gasteiger partial charge < -0.3 is 20.3 Å². The molecule has 0 rings (SSSR count). The highest BCUT2D eigenvalue weighted by Crippen LogP contribution is 2.37. The summed E-state index contributed by atoms with van der Waals surface area (Å²) in [7, 11) is -2.79. The van der Waals surface area contributed by atoms with Crippen molar-refractivity contribution >= 4 is 7.60 Å². The van der Waals surface area contributed by atoms with Crippen molar-refractivity contribution in [1.29, 1.82) is 0 Å². The molecule has 0 aromatic rings. The van der Waals surface area contributed by atoms with Crippen LogP contribution in [0.4, 0.5) is 0 Å². The molecule has 0 heterocycles. The molecule has 4 N–H and O–H groups in total. The normalized spacial score (nSPS) is 15.6. The number of nitrogens with two attached hydrogens (primary N) is 1. The van der Waals surface area contributed by atoms with Crippen molar-refractivity contribution in [3.05, 3.63) is 0 Å². The molecule has 1 atom stereocenters. The molecule has 5 nitrogen and oxygen atoms in total. The monoisotopic (exact) mass is 155 g/mol. The fourth-order valence-corrected chi connectivity index (χ4v) is 0.611. The van der Waals surface area contributed by atoms with Crippen LogP contribution in [0.3, 0.4) is 0 Å². The summed E-state index contributed by atoms with van der Waals surface area (Å²) in [5, 5.41) is 0. The first-order valence-corrected chi connectivity index (χ1v) is 3.96. The lowest BCUT2D eigenvalue weighted by Gasteiger charge is -2.10. The second kappa shape index (κ2) is 3.29. The van der Waals surface area contributed by atoms with Crippen LogP contribution in [-0.4, -0.2) is 29.3 Å². The van der Waals surface area contributed by atoms with E-state index in [4.69, 9.17) is 15.5 Å². The second-order valence-corrected chi connectivity index (χ2v) is 3.45. The van der Waals surface area contributed by atoms with E-state index in [0.29, 0.717) is 0 Å². The van der Waals surface area contributed by atoms with E-state index in [2.05, 4.69) is 4.74 Å². The van der Waals surface area contributed by atoms with Gasteiger partial charge in [0.15, 0.2) is 0 Å². The Morgan fingerprint density at radius 1 is 1.78 bits per heavy atom. The van der Waals surface area contributed by atoms with Gasteiger partial charge in [-0.05, 0) is 0 Å². The predicted molar refractivity (Wildman–Crippen MR) is 31.9 cm³/mol. The van der Waals surface area contributed by atoms with Crippen LogP contribution in [-0.2, 0) is 9.30 Å². The number of methoxy groups -OCH3 is 1. The smallest absolute Gasteiger partial charge is 0.344 e. The van der Waals surface area contributed by atoms with Crippen molar-refractivity contribution < 1.29 is 19.1 Å². The highest BCUT2D eigenvalue weighted by atomic mass is 31.2. The zero-order chi connectivity index (χ0) is 7.49. The summed E-state index contributed by atoms with van der Waals surface area (Å²) in [6.45, 7) is -0.121. The molecule has 0 amide bonds. The van der Waals surface area contributed by atoms with Gasteiger partial charge in [-0.3, -0.25) is 4.57 Å². The molecule has 0 aliphatic rings. The van der Waals surface area contributed by atoms with Crippen LogP contribution >= 0.6 is 7.60 Å². The molecular weight excluding hydrogens is 145 g/mol. The SMILES string of the molecule is COCC(N)P(=O)(O)O. The van der Waals surface area contributed by atoms with Gasteiger partial charge in [0, 0.05) is 7.11 Å². The lowest BCUT2D eigenvalue weighted by molar-refractivity contribution is 0.188. The third-order valence-electron chi connectivity index (χ3n) is 0.769. The topological polar surface area (TPSA) is 92.8 Å². The summed E-state index contributed by atoms with van der Waals surface area (Å²) < 4.78 is 14.6. The van der Waals surface area contributed by atoms with Gasteiger partial charge in [-0.2, -0.15) is 0 Å². The minimum atomic E-state index is -4.12. The predicted octanol–water partition coefficient (Wildman–Crippen LogP) is -0.905. The van der Waals surface area contributed by atoms with E-state index in [9.17, 15) is 4.57 Å². The maximum atomic E-state index is 10.2. The van der Waals surface area contributed by atoms with E-state index in [1.54, 1.807) is 0 Å². The Kier molecular flexibility index (Phi) is 3.32. The van der Waals surface area contributed by atoms with Crippen molar-refractivity contribution in [2.24, 2.45) is 5.73 Å². The van der Waals surface area contributed by atoms with Gasteiger partial charge in [-0.15, -0.1) is 0 Å².